The zero-order valence-corrected chi connectivity index (χ0v) is 10.9. The molecule has 5 heteroatoms. The Kier molecular flexibility index (Phi) is 3.68. The molecule has 3 nitrogen and oxygen atoms in total. The first-order valence-electron chi connectivity index (χ1n) is 5.60. The molecule has 0 spiro atoms. The first-order chi connectivity index (χ1) is 8.50. The predicted octanol–water partition coefficient (Wildman–Crippen LogP) is 2.80. The maximum Gasteiger partial charge on any atom is 0.127 e. The summed E-state index contributed by atoms with van der Waals surface area (Å²) in [6, 6.07) is 4.49. The van der Waals surface area contributed by atoms with E-state index < -0.39 is 11.9 Å². The summed E-state index contributed by atoms with van der Waals surface area (Å²) in [5.74, 6) is 0.393. The van der Waals surface area contributed by atoms with Crippen LogP contribution >= 0.6 is 11.6 Å². The van der Waals surface area contributed by atoms with Gasteiger partial charge in [0, 0.05) is 24.1 Å². The third-order valence-corrected chi connectivity index (χ3v) is 3.41. The molecule has 0 fully saturated rings. The quantitative estimate of drug-likeness (QED) is 0.930. The molecule has 1 unspecified atom stereocenters. The summed E-state index contributed by atoms with van der Waals surface area (Å²) < 4.78 is 15.4. The summed E-state index contributed by atoms with van der Waals surface area (Å²) in [5, 5.41) is 10.5. The van der Waals surface area contributed by atoms with Gasteiger partial charge < -0.3 is 9.67 Å². The van der Waals surface area contributed by atoms with E-state index in [1.165, 1.54) is 6.07 Å². The van der Waals surface area contributed by atoms with Crippen molar-refractivity contribution in [1.82, 2.24) is 9.55 Å². The van der Waals surface area contributed by atoms with Gasteiger partial charge >= 0.3 is 0 Å². The number of hydrogen-bond acceptors (Lipinski definition) is 2. The summed E-state index contributed by atoms with van der Waals surface area (Å²) in [6.07, 6.45) is 0.893. The zero-order valence-electron chi connectivity index (χ0n) is 10.2. The van der Waals surface area contributed by atoms with Gasteiger partial charge in [0.1, 0.15) is 11.6 Å². The van der Waals surface area contributed by atoms with Crippen LogP contribution in [0.4, 0.5) is 4.39 Å². The van der Waals surface area contributed by atoms with Crippen molar-refractivity contribution in [3.63, 3.8) is 0 Å². The number of aliphatic hydroxyl groups is 1. The second-order valence-corrected chi connectivity index (χ2v) is 4.62. The van der Waals surface area contributed by atoms with Crippen LogP contribution in [0.1, 0.15) is 23.2 Å². The maximum absolute atomic E-state index is 13.6. The molecule has 1 N–H and O–H groups in total. The average Bonchev–Trinajstić information content (AvgIpc) is 2.65. The van der Waals surface area contributed by atoms with Crippen molar-refractivity contribution < 1.29 is 9.50 Å². The van der Waals surface area contributed by atoms with E-state index >= 15 is 0 Å². The molecule has 0 amide bonds. The van der Waals surface area contributed by atoms with Crippen molar-refractivity contribution in [2.45, 2.75) is 19.4 Å². The second-order valence-electron chi connectivity index (χ2n) is 4.21. The Morgan fingerprint density at radius 2 is 2.22 bits per heavy atom. The van der Waals surface area contributed by atoms with E-state index in [1.807, 2.05) is 14.0 Å². The third-order valence-electron chi connectivity index (χ3n) is 3.06. The fourth-order valence-corrected chi connectivity index (χ4v) is 2.09. The van der Waals surface area contributed by atoms with Crippen LogP contribution in [0.3, 0.4) is 0 Å². The molecule has 96 valence electrons. The lowest BCUT2D eigenvalue weighted by molar-refractivity contribution is 0.168. The topological polar surface area (TPSA) is 38.1 Å². The largest absolute Gasteiger partial charge is 0.386 e. The van der Waals surface area contributed by atoms with Gasteiger partial charge in [0.25, 0.3) is 0 Å². The van der Waals surface area contributed by atoms with Gasteiger partial charge in [0.2, 0.25) is 0 Å². The van der Waals surface area contributed by atoms with Gasteiger partial charge in [0.15, 0.2) is 0 Å². The molecule has 0 radical (unpaired) electrons. The minimum atomic E-state index is -0.828. The van der Waals surface area contributed by atoms with E-state index in [2.05, 4.69) is 4.98 Å². The van der Waals surface area contributed by atoms with Crippen molar-refractivity contribution in [3.05, 3.63) is 52.3 Å². The average molecular weight is 269 g/mol. The number of aryl methyl sites for hydroxylation is 1. The number of aliphatic hydroxyl groups excluding tert-OH is 1. The van der Waals surface area contributed by atoms with Crippen LogP contribution in [0, 0.1) is 12.7 Å². The summed E-state index contributed by atoms with van der Waals surface area (Å²) in [4.78, 5) is 4.10. The molecule has 0 saturated heterocycles. The smallest absolute Gasteiger partial charge is 0.127 e. The standard InChI is InChI=1S/C13H14ClFN2O/c1-8-16-7-12(17(8)2)13(18)6-9-10(14)4-3-5-11(9)15/h3-5,7,13,18H,6H2,1-2H3. The number of hydrogen-bond donors (Lipinski definition) is 1. The molecular weight excluding hydrogens is 255 g/mol. The molecule has 1 atom stereocenters. The van der Waals surface area contributed by atoms with Crippen molar-refractivity contribution in [1.29, 1.82) is 0 Å². The van der Waals surface area contributed by atoms with E-state index in [-0.39, 0.29) is 6.42 Å². The molecular formula is C13H14ClFN2O. The van der Waals surface area contributed by atoms with Crippen LogP contribution in [0.15, 0.2) is 24.4 Å². The van der Waals surface area contributed by atoms with Crippen LogP contribution in [-0.2, 0) is 13.5 Å². The van der Waals surface area contributed by atoms with E-state index in [0.29, 0.717) is 16.3 Å². The van der Waals surface area contributed by atoms with Crippen molar-refractivity contribution in [2.24, 2.45) is 7.05 Å². The minimum absolute atomic E-state index is 0.129. The number of aromatic nitrogens is 2. The van der Waals surface area contributed by atoms with Gasteiger partial charge in [-0.05, 0) is 19.1 Å². The van der Waals surface area contributed by atoms with Gasteiger partial charge in [-0.2, -0.15) is 0 Å². The van der Waals surface area contributed by atoms with Gasteiger partial charge in [-0.1, -0.05) is 17.7 Å². The Balaban J connectivity index is 2.27. The van der Waals surface area contributed by atoms with Crippen LogP contribution < -0.4 is 0 Å². The molecule has 0 aliphatic heterocycles. The zero-order chi connectivity index (χ0) is 13.3. The highest BCUT2D eigenvalue weighted by Gasteiger charge is 2.17. The molecule has 0 aliphatic carbocycles. The van der Waals surface area contributed by atoms with Gasteiger partial charge in [0.05, 0.1) is 18.0 Å². The number of nitrogens with zero attached hydrogens (tertiary/aromatic N) is 2. The first-order valence-corrected chi connectivity index (χ1v) is 5.97. The summed E-state index contributed by atoms with van der Waals surface area (Å²) in [5.41, 5.74) is 0.970. The highest BCUT2D eigenvalue weighted by atomic mass is 35.5. The van der Waals surface area contributed by atoms with Crippen molar-refractivity contribution in [3.8, 4) is 0 Å². The minimum Gasteiger partial charge on any atom is -0.386 e. The number of benzene rings is 1. The molecule has 2 rings (SSSR count). The van der Waals surface area contributed by atoms with Gasteiger partial charge in [-0.15, -0.1) is 0 Å². The second kappa shape index (κ2) is 5.08. The molecule has 1 aromatic heterocycles. The lowest BCUT2D eigenvalue weighted by Crippen LogP contribution is -2.09. The summed E-state index contributed by atoms with van der Waals surface area (Å²) in [7, 11) is 1.81. The van der Waals surface area contributed by atoms with Crippen LogP contribution in [-0.4, -0.2) is 14.7 Å². The number of halogens is 2. The fourth-order valence-electron chi connectivity index (χ4n) is 1.85. The Labute approximate surface area is 110 Å². The van der Waals surface area contributed by atoms with Crippen LogP contribution in [0.2, 0.25) is 5.02 Å². The van der Waals surface area contributed by atoms with Crippen LogP contribution in [0.5, 0.6) is 0 Å². The fraction of sp³-hybridized carbons (Fsp3) is 0.308. The Hall–Kier alpha value is -1.39. The van der Waals surface area contributed by atoms with Crippen molar-refractivity contribution >= 4 is 11.6 Å². The monoisotopic (exact) mass is 268 g/mol. The molecule has 1 aromatic carbocycles. The van der Waals surface area contributed by atoms with Crippen LogP contribution in [0.25, 0.3) is 0 Å². The molecule has 0 bridgehead atoms. The predicted molar refractivity (Wildman–Crippen MR) is 68.0 cm³/mol. The lowest BCUT2D eigenvalue weighted by atomic mass is 10.1. The van der Waals surface area contributed by atoms with E-state index in [1.54, 1.807) is 22.9 Å². The van der Waals surface area contributed by atoms with Crippen molar-refractivity contribution in [2.75, 3.05) is 0 Å². The first kappa shape index (κ1) is 13.1. The van der Waals surface area contributed by atoms with E-state index in [0.717, 1.165) is 5.82 Å². The lowest BCUT2D eigenvalue weighted by Gasteiger charge is -2.13. The number of rotatable bonds is 3. The highest BCUT2D eigenvalue weighted by Crippen LogP contribution is 2.25. The maximum atomic E-state index is 13.6. The third kappa shape index (κ3) is 2.40. The Morgan fingerprint density at radius 1 is 1.50 bits per heavy atom. The Morgan fingerprint density at radius 3 is 2.78 bits per heavy atom. The molecule has 18 heavy (non-hydrogen) atoms. The molecule has 1 heterocycles. The summed E-state index contributed by atoms with van der Waals surface area (Å²) >= 11 is 5.93. The van der Waals surface area contributed by atoms with E-state index in [4.69, 9.17) is 11.6 Å². The highest BCUT2D eigenvalue weighted by molar-refractivity contribution is 6.31. The van der Waals surface area contributed by atoms with E-state index in [9.17, 15) is 9.50 Å². The SMILES string of the molecule is Cc1ncc(C(O)Cc2c(F)cccc2Cl)n1C. The normalized spacial score (nSPS) is 12.7. The molecule has 0 aliphatic rings. The van der Waals surface area contributed by atoms with Gasteiger partial charge in [-0.3, -0.25) is 0 Å². The summed E-state index contributed by atoms with van der Waals surface area (Å²) in [6.45, 7) is 1.84. The number of imidazole rings is 1. The Bertz CT molecular complexity index is 548. The van der Waals surface area contributed by atoms with Gasteiger partial charge in [-0.25, -0.2) is 9.37 Å². The molecule has 0 saturated carbocycles. The molecule has 2 aromatic rings.